The molecule has 0 radical (unpaired) electrons. The van der Waals surface area contributed by atoms with E-state index in [1.165, 1.54) is 0 Å². The molecule has 1 fully saturated rings. The van der Waals surface area contributed by atoms with E-state index in [0.717, 1.165) is 23.1 Å². The fraction of sp³-hybridized carbons (Fsp3) is 0.286. The molecule has 5 nitrogen and oxygen atoms in total. The minimum absolute atomic E-state index is 0.0263. The molecule has 3 atom stereocenters. The van der Waals surface area contributed by atoms with Crippen LogP contribution in [0.15, 0.2) is 91.0 Å². The van der Waals surface area contributed by atoms with Crippen LogP contribution >= 0.6 is 0 Å². The molecule has 5 heteroatoms. The van der Waals surface area contributed by atoms with Crippen LogP contribution in [0.25, 0.3) is 0 Å². The summed E-state index contributed by atoms with van der Waals surface area (Å²) in [7, 11) is 0. The highest BCUT2D eigenvalue weighted by Crippen LogP contribution is 2.43. The normalized spacial score (nSPS) is 18.6. The number of hydrogen-bond donors (Lipinski definition) is 0. The first-order valence-corrected chi connectivity index (χ1v) is 11.4. The van der Waals surface area contributed by atoms with Gasteiger partial charge in [-0.05, 0) is 22.6 Å². The van der Waals surface area contributed by atoms with E-state index >= 15 is 0 Å². The van der Waals surface area contributed by atoms with E-state index in [1.54, 1.807) is 4.90 Å². The molecule has 170 valence electrons. The molecule has 4 rings (SSSR count). The number of amides is 1. The van der Waals surface area contributed by atoms with Gasteiger partial charge in [0.2, 0.25) is 0 Å². The summed E-state index contributed by atoms with van der Waals surface area (Å²) in [6, 6.07) is 29.1. The third-order valence-corrected chi connectivity index (χ3v) is 6.08. The minimum Gasteiger partial charge on any atom is -0.461 e. The standard InChI is InChI=1S/C28H29NO4/c1-2-21(18-25(30)32-20-22-12-6-3-7-13-22)19-29-26(23-14-8-4-9-15-23)27(33-28(29)31)24-16-10-5-11-17-24/h3-17,21,26-27H,2,18-20H2,1H3/t21-,26+,27-/m1/s1. The Balaban J connectivity index is 1.48. The Hall–Kier alpha value is -3.60. The van der Waals surface area contributed by atoms with Crippen molar-refractivity contribution in [3.05, 3.63) is 108 Å². The number of rotatable bonds is 9. The molecule has 0 aromatic heterocycles. The van der Waals surface area contributed by atoms with Crippen molar-refractivity contribution in [3.63, 3.8) is 0 Å². The zero-order valence-electron chi connectivity index (χ0n) is 18.8. The SMILES string of the molecule is CC[C@H](CC(=O)OCc1ccccc1)CN1C(=O)O[C@H](c2ccccc2)[C@@H]1c1ccccc1. The fourth-order valence-electron chi connectivity index (χ4n) is 4.25. The maximum absolute atomic E-state index is 13.0. The molecule has 0 N–H and O–H groups in total. The molecule has 0 bridgehead atoms. The average Bonchev–Trinajstić information content (AvgIpc) is 3.19. The van der Waals surface area contributed by atoms with Crippen molar-refractivity contribution < 1.29 is 19.1 Å². The van der Waals surface area contributed by atoms with E-state index in [9.17, 15) is 9.59 Å². The lowest BCUT2D eigenvalue weighted by Crippen LogP contribution is -2.34. The number of hydrogen-bond acceptors (Lipinski definition) is 4. The molecule has 1 amide bonds. The molecule has 33 heavy (non-hydrogen) atoms. The monoisotopic (exact) mass is 443 g/mol. The van der Waals surface area contributed by atoms with Gasteiger partial charge in [-0.25, -0.2) is 4.79 Å². The van der Waals surface area contributed by atoms with Gasteiger partial charge < -0.3 is 9.47 Å². The van der Waals surface area contributed by atoms with Gasteiger partial charge in [0.05, 0.1) is 6.42 Å². The van der Waals surface area contributed by atoms with Gasteiger partial charge in [0.1, 0.15) is 12.6 Å². The van der Waals surface area contributed by atoms with E-state index in [2.05, 4.69) is 0 Å². The first-order valence-electron chi connectivity index (χ1n) is 11.4. The topological polar surface area (TPSA) is 55.8 Å². The van der Waals surface area contributed by atoms with Crippen LogP contribution in [0, 0.1) is 5.92 Å². The van der Waals surface area contributed by atoms with Crippen LogP contribution in [0.4, 0.5) is 4.79 Å². The quantitative estimate of drug-likeness (QED) is 0.376. The Kier molecular flexibility index (Phi) is 7.40. The first kappa shape index (κ1) is 22.6. The molecule has 3 aromatic rings. The van der Waals surface area contributed by atoms with Crippen molar-refractivity contribution in [2.24, 2.45) is 5.92 Å². The van der Waals surface area contributed by atoms with Crippen LogP contribution in [0.1, 0.15) is 48.6 Å². The summed E-state index contributed by atoms with van der Waals surface area (Å²) in [4.78, 5) is 27.3. The second kappa shape index (κ2) is 10.8. The molecule has 0 spiro atoms. The van der Waals surface area contributed by atoms with E-state index in [-0.39, 0.29) is 37.0 Å². The maximum Gasteiger partial charge on any atom is 0.411 e. The van der Waals surface area contributed by atoms with Gasteiger partial charge in [0.15, 0.2) is 6.10 Å². The molecular formula is C28H29NO4. The smallest absolute Gasteiger partial charge is 0.411 e. The zero-order valence-corrected chi connectivity index (χ0v) is 18.8. The van der Waals surface area contributed by atoms with Gasteiger partial charge in [-0.1, -0.05) is 104 Å². The maximum atomic E-state index is 13.0. The van der Waals surface area contributed by atoms with Crippen molar-refractivity contribution in [3.8, 4) is 0 Å². The lowest BCUT2D eigenvalue weighted by atomic mass is 9.94. The largest absolute Gasteiger partial charge is 0.461 e. The van der Waals surface area contributed by atoms with Crippen LogP contribution < -0.4 is 0 Å². The molecule has 0 unspecified atom stereocenters. The number of carbonyl (C=O) groups is 2. The fourth-order valence-corrected chi connectivity index (χ4v) is 4.25. The highest BCUT2D eigenvalue weighted by atomic mass is 16.6. The zero-order chi connectivity index (χ0) is 23.0. The van der Waals surface area contributed by atoms with Crippen molar-refractivity contribution in [1.29, 1.82) is 0 Å². The van der Waals surface area contributed by atoms with Crippen LogP contribution in [-0.4, -0.2) is 23.5 Å². The number of cyclic esters (lactones) is 1. The van der Waals surface area contributed by atoms with Crippen LogP contribution in [0.5, 0.6) is 0 Å². The summed E-state index contributed by atoms with van der Waals surface area (Å²) in [5.41, 5.74) is 2.92. The summed E-state index contributed by atoms with van der Waals surface area (Å²) in [5, 5.41) is 0. The van der Waals surface area contributed by atoms with Crippen LogP contribution in [-0.2, 0) is 20.9 Å². The lowest BCUT2D eigenvalue weighted by Gasteiger charge is -2.28. The Bertz CT molecular complexity index is 1040. The average molecular weight is 444 g/mol. The predicted octanol–water partition coefficient (Wildman–Crippen LogP) is 6.08. The highest BCUT2D eigenvalue weighted by molar-refractivity contribution is 5.72. The molecule has 1 heterocycles. The number of nitrogens with zero attached hydrogens (tertiary/aromatic N) is 1. The van der Waals surface area contributed by atoms with Gasteiger partial charge in [0, 0.05) is 6.54 Å². The van der Waals surface area contributed by atoms with Crippen molar-refractivity contribution in [2.75, 3.05) is 6.54 Å². The molecule has 1 aliphatic rings. The summed E-state index contributed by atoms with van der Waals surface area (Å²) in [6.07, 6.45) is 0.254. The second-order valence-corrected chi connectivity index (χ2v) is 8.35. The lowest BCUT2D eigenvalue weighted by molar-refractivity contribution is -0.146. The Morgan fingerprint density at radius 3 is 2.09 bits per heavy atom. The van der Waals surface area contributed by atoms with Gasteiger partial charge in [-0.3, -0.25) is 9.69 Å². The number of esters is 1. The number of benzene rings is 3. The first-order chi connectivity index (χ1) is 16.2. The Morgan fingerprint density at radius 2 is 1.48 bits per heavy atom. The van der Waals surface area contributed by atoms with Gasteiger partial charge >= 0.3 is 12.1 Å². The second-order valence-electron chi connectivity index (χ2n) is 8.35. The third kappa shape index (κ3) is 5.61. The van der Waals surface area contributed by atoms with Crippen molar-refractivity contribution >= 4 is 12.1 Å². The Morgan fingerprint density at radius 1 is 0.909 bits per heavy atom. The van der Waals surface area contributed by atoms with Crippen molar-refractivity contribution in [2.45, 2.75) is 38.5 Å². The molecule has 3 aromatic carbocycles. The number of carbonyl (C=O) groups excluding carboxylic acids is 2. The molecule has 0 saturated carbocycles. The molecule has 0 aliphatic carbocycles. The molecular weight excluding hydrogens is 414 g/mol. The Labute approximate surface area is 194 Å². The van der Waals surface area contributed by atoms with Crippen molar-refractivity contribution in [1.82, 2.24) is 4.90 Å². The highest BCUT2D eigenvalue weighted by Gasteiger charge is 2.44. The van der Waals surface area contributed by atoms with Crippen LogP contribution in [0.2, 0.25) is 0 Å². The van der Waals surface area contributed by atoms with Crippen LogP contribution in [0.3, 0.4) is 0 Å². The van der Waals surface area contributed by atoms with Gasteiger partial charge in [-0.2, -0.15) is 0 Å². The van der Waals surface area contributed by atoms with E-state index in [4.69, 9.17) is 9.47 Å². The summed E-state index contributed by atoms with van der Waals surface area (Å²) < 4.78 is 11.3. The summed E-state index contributed by atoms with van der Waals surface area (Å²) >= 11 is 0. The van der Waals surface area contributed by atoms with E-state index in [0.29, 0.717) is 6.54 Å². The van der Waals surface area contributed by atoms with Gasteiger partial charge in [-0.15, -0.1) is 0 Å². The predicted molar refractivity (Wildman–Crippen MR) is 126 cm³/mol. The third-order valence-electron chi connectivity index (χ3n) is 6.08. The summed E-state index contributed by atoms with van der Waals surface area (Å²) in [5.74, 6) is -0.282. The van der Waals surface area contributed by atoms with E-state index in [1.807, 2.05) is 97.9 Å². The number of ether oxygens (including phenoxy) is 2. The molecule has 1 saturated heterocycles. The molecule has 1 aliphatic heterocycles. The van der Waals surface area contributed by atoms with Gasteiger partial charge in [0.25, 0.3) is 0 Å². The summed E-state index contributed by atoms with van der Waals surface area (Å²) in [6.45, 7) is 2.71. The minimum atomic E-state index is -0.399. The van der Waals surface area contributed by atoms with E-state index < -0.39 is 6.10 Å².